The van der Waals surface area contributed by atoms with Crippen molar-refractivity contribution in [2.45, 2.75) is 45.7 Å². The number of aromatic nitrogens is 2. The van der Waals surface area contributed by atoms with Gasteiger partial charge in [0.15, 0.2) is 0 Å². The van der Waals surface area contributed by atoms with Crippen LogP contribution in [0.25, 0.3) is 0 Å². The van der Waals surface area contributed by atoms with Crippen LogP contribution in [0.2, 0.25) is 5.02 Å². The molecule has 21 heavy (non-hydrogen) atoms. The van der Waals surface area contributed by atoms with Crippen LogP contribution in [-0.2, 0) is 13.0 Å². The molecule has 1 heterocycles. The van der Waals surface area contributed by atoms with Gasteiger partial charge in [-0.25, -0.2) is 0 Å². The van der Waals surface area contributed by atoms with Crippen LogP contribution >= 0.6 is 11.6 Å². The highest BCUT2D eigenvalue weighted by Gasteiger charge is 2.14. The second kappa shape index (κ2) is 8.20. The van der Waals surface area contributed by atoms with E-state index in [4.69, 9.17) is 11.6 Å². The van der Waals surface area contributed by atoms with E-state index in [1.807, 2.05) is 29.1 Å². The largest absolute Gasteiger partial charge is 0.310 e. The maximum atomic E-state index is 6.09. The highest BCUT2D eigenvalue weighted by atomic mass is 35.5. The van der Waals surface area contributed by atoms with Gasteiger partial charge in [-0.3, -0.25) is 4.68 Å². The zero-order valence-electron chi connectivity index (χ0n) is 12.8. The highest BCUT2D eigenvalue weighted by Crippen LogP contribution is 2.20. The van der Waals surface area contributed by atoms with Gasteiger partial charge in [0.25, 0.3) is 0 Å². The van der Waals surface area contributed by atoms with Crippen LogP contribution in [0.5, 0.6) is 0 Å². The summed E-state index contributed by atoms with van der Waals surface area (Å²) in [6, 6.07) is 8.38. The molecule has 0 aliphatic carbocycles. The molecule has 0 fully saturated rings. The zero-order valence-corrected chi connectivity index (χ0v) is 13.6. The van der Waals surface area contributed by atoms with Crippen molar-refractivity contribution in [3.05, 3.63) is 52.8 Å². The summed E-state index contributed by atoms with van der Waals surface area (Å²) in [5.41, 5.74) is 2.50. The van der Waals surface area contributed by atoms with Crippen LogP contribution in [0.15, 0.2) is 36.7 Å². The average Bonchev–Trinajstić information content (AvgIpc) is 2.92. The van der Waals surface area contributed by atoms with Gasteiger partial charge in [-0.1, -0.05) is 37.6 Å². The summed E-state index contributed by atoms with van der Waals surface area (Å²) < 4.78 is 2.02. The summed E-state index contributed by atoms with van der Waals surface area (Å²) in [5, 5.41) is 8.85. The first-order valence-corrected chi connectivity index (χ1v) is 8.11. The van der Waals surface area contributed by atoms with Crippen molar-refractivity contribution >= 4 is 11.6 Å². The minimum atomic E-state index is 0.286. The SMILES string of the molecule is CCCNC(Cc1cccc(Cl)c1)c1cnn(CCC)c1. The van der Waals surface area contributed by atoms with Crippen molar-refractivity contribution < 1.29 is 0 Å². The van der Waals surface area contributed by atoms with Crippen molar-refractivity contribution in [2.75, 3.05) is 6.54 Å². The Kier molecular flexibility index (Phi) is 6.27. The van der Waals surface area contributed by atoms with Crippen molar-refractivity contribution in [1.82, 2.24) is 15.1 Å². The number of halogens is 1. The molecule has 3 nitrogen and oxygen atoms in total. The molecule has 0 aliphatic heterocycles. The lowest BCUT2D eigenvalue weighted by atomic mass is 10.0. The fraction of sp³-hybridized carbons (Fsp3) is 0.471. The van der Waals surface area contributed by atoms with Crippen LogP contribution in [0.4, 0.5) is 0 Å². The lowest BCUT2D eigenvalue weighted by Gasteiger charge is -2.17. The average molecular weight is 306 g/mol. The molecule has 0 radical (unpaired) electrons. The molecule has 1 aromatic carbocycles. The molecule has 1 atom stereocenters. The standard InChI is InChI=1S/C17H24ClN3/c1-3-8-19-17(11-14-6-5-7-16(18)10-14)15-12-20-21(13-15)9-4-2/h5-7,10,12-13,17,19H,3-4,8-9,11H2,1-2H3. The maximum absolute atomic E-state index is 6.09. The number of benzene rings is 1. The molecule has 0 amide bonds. The van der Waals surface area contributed by atoms with Gasteiger partial charge in [0, 0.05) is 29.4 Å². The number of rotatable bonds is 8. The zero-order chi connectivity index (χ0) is 15.1. The Morgan fingerprint density at radius 2 is 2.14 bits per heavy atom. The third-order valence-corrected chi connectivity index (χ3v) is 3.71. The number of nitrogens with one attached hydrogen (secondary N) is 1. The van der Waals surface area contributed by atoms with Gasteiger partial charge >= 0.3 is 0 Å². The third-order valence-electron chi connectivity index (χ3n) is 3.48. The van der Waals surface area contributed by atoms with Crippen LogP contribution in [0.3, 0.4) is 0 Å². The summed E-state index contributed by atoms with van der Waals surface area (Å²) in [6.07, 6.45) is 7.28. The summed E-state index contributed by atoms with van der Waals surface area (Å²) in [6.45, 7) is 6.33. The van der Waals surface area contributed by atoms with Gasteiger partial charge in [-0.15, -0.1) is 0 Å². The van der Waals surface area contributed by atoms with E-state index in [0.717, 1.165) is 37.4 Å². The van der Waals surface area contributed by atoms with E-state index in [0.29, 0.717) is 0 Å². The lowest BCUT2D eigenvalue weighted by molar-refractivity contribution is 0.527. The molecule has 0 saturated carbocycles. The van der Waals surface area contributed by atoms with Crippen molar-refractivity contribution in [3.63, 3.8) is 0 Å². The minimum Gasteiger partial charge on any atom is -0.310 e. The first-order chi connectivity index (χ1) is 10.2. The van der Waals surface area contributed by atoms with E-state index >= 15 is 0 Å². The van der Waals surface area contributed by atoms with Gasteiger partial charge in [0.1, 0.15) is 0 Å². The molecule has 4 heteroatoms. The summed E-state index contributed by atoms with van der Waals surface area (Å²) in [4.78, 5) is 0. The Labute approximate surface area is 132 Å². The van der Waals surface area contributed by atoms with E-state index < -0.39 is 0 Å². The number of hydrogen-bond acceptors (Lipinski definition) is 2. The molecular weight excluding hydrogens is 282 g/mol. The molecule has 0 saturated heterocycles. The number of hydrogen-bond donors (Lipinski definition) is 1. The van der Waals surface area contributed by atoms with E-state index in [-0.39, 0.29) is 6.04 Å². The topological polar surface area (TPSA) is 29.9 Å². The molecule has 0 aliphatic rings. The Morgan fingerprint density at radius 1 is 1.29 bits per heavy atom. The molecule has 1 N–H and O–H groups in total. The Bertz CT molecular complexity index is 550. The van der Waals surface area contributed by atoms with Gasteiger partial charge < -0.3 is 5.32 Å². The predicted octanol–water partition coefficient (Wildman–Crippen LogP) is 4.23. The summed E-state index contributed by atoms with van der Waals surface area (Å²) in [5.74, 6) is 0. The molecule has 114 valence electrons. The van der Waals surface area contributed by atoms with Crippen LogP contribution in [-0.4, -0.2) is 16.3 Å². The third kappa shape index (κ3) is 4.87. The maximum Gasteiger partial charge on any atom is 0.0537 e. The fourth-order valence-corrected chi connectivity index (χ4v) is 2.65. The fourth-order valence-electron chi connectivity index (χ4n) is 2.44. The monoisotopic (exact) mass is 305 g/mol. The Balaban J connectivity index is 2.12. The Hall–Kier alpha value is -1.32. The van der Waals surface area contributed by atoms with Crippen molar-refractivity contribution in [1.29, 1.82) is 0 Å². The number of nitrogens with zero attached hydrogens (tertiary/aromatic N) is 2. The Morgan fingerprint density at radius 3 is 2.86 bits per heavy atom. The van der Waals surface area contributed by atoms with Crippen LogP contribution < -0.4 is 5.32 Å². The molecule has 0 spiro atoms. The van der Waals surface area contributed by atoms with E-state index in [2.05, 4.69) is 36.5 Å². The first-order valence-electron chi connectivity index (χ1n) is 7.73. The van der Waals surface area contributed by atoms with Crippen molar-refractivity contribution in [2.24, 2.45) is 0 Å². The minimum absolute atomic E-state index is 0.286. The summed E-state index contributed by atoms with van der Waals surface area (Å²) >= 11 is 6.09. The first kappa shape index (κ1) is 16.1. The quantitative estimate of drug-likeness (QED) is 0.791. The normalized spacial score (nSPS) is 12.5. The molecule has 0 bridgehead atoms. The molecular formula is C17H24ClN3. The highest BCUT2D eigenvalue weighted by molar-refractivity contribution is 6.30. The molecule has 2 aromatic rings. The van der Waals surface area contributed by atoms with Gasteiger partial charge in [0.05, 0.1) is 6.20 Å². The number of aryl methyl sites for hydroxylation is 1. The second-order valence-corrected chi connectivity index (χ2v) is 5.81. The van der Waals surface area contributed by atoms with Gasteiger partial charge in [0.2, 0.25) is 0 Å². The van der Waals surface area contributed by atoms with Crippen LogP contribution in [0.1, 0.15) is 43.9 Å². The predicted molar refractivity (Wildman–Crippen MR) is 88.7 cm³/mol. The van der Waals surface area contributed by atoms with Crippen molar-refractivity contribution in [3.8, 4) is 0 Å². The molecule has 1 unspecified atom stereocenters. The second-order valence-electron chi connectivity index (χ2n) is 5.38. The van der Waals surface area contributed by atoms with E-state index in [9.17, 15) is 0 Å². The molecule has 1 aromatic heterocycles. The smallest absolute Gasteiger partial charge is 0.0537 e. The van der Waals surface area contributed by atoms with E-state index in [1.54, 1.807) is 0 Å². The lowest BCUT2D eigenvalue weighted by Crippen LogP contribution is -2.23. The molecule has 2 rings (SSSR count). The van der Waals surface area contributed by atoms with Gasteiger partial charge in [-0.2, -0.15) is 5.10 Å². The van der Waals surface area contributed by atoms with Crippen LogP contribution in [0, 0.1) is 0 Å². The van der Waals surface area contributed by atoms with Gasteiger partial charge in [-0.05, 0) is 43.5 Å². The van der Waals surface area contributed by atoms with E-state index in [1.165, 1.54) is 11.1 Å². The summed E-state index contributed by atoms with van der Waals surface area (Å²) in [7, 11) is 0.